The molecule has 0 aliphatic heterocycles. The molecule has 1 rings (SSSR count). The van der Waals surface area contributed by atoms with Crippen molar-refractivity contribution in [3.63, 3.8) is 0 Å². The molecule has 1 aliphatic rings. The van der Waals surface area contributed by atoms with Gasteiger partial charge in [-0.2, -0.15) is 0 Å². The molecule has 0 saturated heterocycles. The van der Waals surface area contributed by atoms with Crippen LogP contribution in [-0.4, -0.2) is 0 Å². The van der Waals surface area contributed by atoms with E-state index in [2.05, 4.69) is 33.8 Å². The lowest BCUT2D eigenvalue weighted by Gasteiger charge is -2.43. The van der Waals surface area contributed by atoms with Crippen LogP contribution in [0, 0.1) is 11.3 Å². The maximum Gasteiger partial charge on any atom is -0.00820 e. The zero-order valence-electron chi connectivity index (χ0n) is 7.57. The van der Waals surface area contributed by atoms with E-state index in [1.165, 1.54) is 12.8 Å². The van der Waals surface area contributed by atoms with Crippen molar-refractivity contribution in [3.8, 4) is 0 Å². The molecule has 0 saturated carbocycles. The predicted molar refractivity (Wildman–Crippen MR) is 45.9 cm³/mol. The Morgan fingerprint density at radius 1 is 1.40 bits per heavy atom. The SMILES string of the molecule is CCC1=CC(CC)C1(C)C. The van der Waals surface area contributed by atoms with Crippen LogP contribution in [-0.2, 0) is 0 Å². The van der Waals surface area contributed by atoms with Gasteiger partial charge in [0.05, 0.1) is 0 Å². The monoisotopic (exact) mass is 138 g/mol. The van der Waals surface area contributed by atoms with Gasteiger partial charge in [-0.25, -0.2) is 0 Å². The largest absolute Gasteiger partial charge is 0.0808 e. The van der Waals surface area contributed by atoms with Crippen molar-refractivity contribution in [3.05, 3.63) is 11.6 Å². The summed E-state index contributed by atoms with van der Waals surface area (Å²) in [6, 6.07) is 0. The second kappa shape index (κ2) is 2.41. The van der Waals surface area contributed by atoms with E-state index >= 15 is 0 Å². The van der Waals surface area contributed by atoms with E-state index in [1.54, 1.807) is 5.57 Å². The maximum atomic E-state index is 2.44. The lowest BCUT2D eigenvalue weighted by molar-refractivity contribution is 0.252. The van der Waals surface area contributed by atoms with Gasteiger partial charge in [0.15, 0.2) is 0 Å². The molecule has 0 N–H and O–H groups in total. The second-order valence-electron chi connectivity index (χ2n) is 3.78. The van der Waals surface area contributed by atoms with E-state index in [-0.39, 0.29) is 0 Å². The smallest absolute Gasteiger partial charge is 0.00820 e. The number of rotatable bonds is 2. The Kier molecular flexibility index (Phi) is 1.89. The van der Waals surface area contributed by atoms with Crippen LogP contribution in [0.5, 0.6) is 0 Å². The molecule has 0 heteroatoms. The number of hydrogen-bond acceptors (Lipinski definition) is 0. The molecule has 0 radical (unpaired) electrons. The molecule has 0 amide bonds. The highest BCUT2D eigenvalue weighted by atomic mass is 14.4. The Hall–Kier alpha value is -0.260. The van der Waals surface area contributed by atoms with Crippen LogP contribution in [0.4, 0.5) is 0 Å². The first-order valence-electron chi connectivity index (χ1n) is 4.34. The zero-order valence-corrected chi connectivity index (χ0v) is 7.57. The minimum atomic E-state index is 0.517. The molecule has 0 aromatic rings. The molecular weight excluding hydrogens is 120 g/mol. The third kappa shape index (κ3) is 0.902. The van der Waals surface area contributed by atoms with E-state index in [1.807, 2.05) is 0 Å². The van der Waals surface area contributed by atoms with E-state index in [0.717, 1.165) is 5.92 Å². The summed E-state index contributed by atoms with van der Waals surface area (Å²) in [5.41, 5.74) is 2.17. The number of hydrogen-bond donors (Lipinski definition) is 0. The first-order chi connectivity index (χ1) is 4.62. The Bertz CT molecular complexity index is 151. The van der Waals surface area contributed by atoms with E-state index < -0.39 is 0 Å². The summed E-state index contributed by atoms with van der Waals surface area (Å²) in [4.78, 5) is 0. The first kappa shape index (κ1) is 7.84. The molecule has 1 atom stereocenters. The predicted octanol–water partition coefficient (Wildman–Crippen LogP) is 3.39. The van der Waals surface area contributed by atoms with Crippen molar-refractivity contribution in [1.82, 2.24) is 0 Å². The van der Waals surface area contributed by atoms with Crippen LogP contribution in [0.25, 0.3) is 0 Å². The third-order valence-electron chi connectivity index (χ3n) is 2.98. The average molecular weight is 138 g/mol. The van der Waals surface area contributed by atoms with Crippen LogP contribution in [0.2, 0.25) is 0 Å². The molecule has 0 fully saturated rings. The van der Waals surface area contributed by atoms with Gasteiger partial charge in [0.2, 0.25) is 0 Å². The molecule has 0 aromatic heterocycles. The summed E-state index contributed by atoms with van der Waals surface area (Å²) in [6.45, 7) is 9.24. The average Bonchev–Trinajstić information content (AvgIpc) is 1.88. The van der Waals surface area contributed by atoms with Gasteiger partial charge >= 0.3 is 0 Å². The highest BCUT2D eigenvalue weighted by molar-refractivity contribution is 5.26. The molecule has 0 bridgehead atoms. The van der Waals surface area contributed by atoms with E-state index in [9.17, 15) is 0 Å². The van der Waals surface area contributed by atoms with Gasteiger partial charge in [-0.15, -0.1) is 0 Å². The zero-order chi connectivity index (χ0) is 7.78. The Morgan fingerprint density at radius 3 is 2.30 bits per heavy atom. The van der Waals surface area contributed by atoms with E-state index in [0.29, 0.717) is 5.41 Å². The topological polar surface area (TPSA) is 0 Å². The summed E-state index contributed by atoms with van der Waals surface area (Å²) >= 11 is 0. The highest BCUT2D eigenvalue weighted by Gasteiger charge is 2.37. The Morgan fingerprint density at radius 2 is 2.00 bits per heavy atom. The molecule has 1 unspecified atom stereocenters. The van der Waals surface area contributed by atoms with Gasteiger partial charge in [-0.3, -0.25) is 0 Å². The third-order valence-corrected chi connectivity index (χ3v) is 2.98. The van der Waals surface area contributed by atoms with Crippen molar-refractivity contribution in [2.75, 3.05) is 0 Å². The highest BCUT2D eigenvalue weighted by Crippen LogP contribution is 2.48. The lowest BCUT2D eigenvalue weighted by Crippen LogP contribution is -2.33. The second-order valence-corrected chi connectivity index (χ2v) is 3.78. The molecule has 0 spiro atoms. The molecule has 0 aromatic carbocycles. The van der Waals surface area contributed by atoms with Crippen molar-refractivity contribution in [2.24, 2.45) is 11.3 Å². The summed E-state index contributed by atoms with van der Waals surface area (Å²) in [7, 11) is 0. The summed E-state index contributed by atoms with van der Waals surface area (Å²) in [5.74, 6) is 0.849. The van der Waals surface area contributed by atoms with Crippen LogP contribution in [0.1, 0.15) is 40.5 Å². The fraction of sp³-hybridized carbons (Fsp3) is 0.800. The molecule has 0 nitrogen and oxygen atoms in total. The van der Waals surface area contributed by atoms with Gasteiger partial charge in [0.25, 0.3) is 0 Å². The van der Waals surface area contributed by atoms with E-state index in [4.69, 9.17) is 0 Å². The quantitative estimate of drug-likeness (QED) is 0.513. The molecule has 0 heterocycles. The van der Waals surface area contributed by atoms with Crippen LogP contribution < -0.4 is 0 Å². The fourth-order valence-corrected chi connectivity index (χ4v) is 2.01. The lowest BCUT2D eigenvalue weighted by atomic mass is 9.61. The first-order valence-corrected chi connectivity index (χ1v) is 4.34. The van der Waals surface area contributed by atoms with Crippen molar-refractivity contribution in [1.29, 1.82) is 0 Å². The fourth-order valence-electron chi connectivity index (χ4n) is 2.01. The minimum absolute atomic E-state index is 0.517. The molecule has 10 heavy (non-hydrogen) atoms. The van der Waals surface area contributed by atoms with Gasteiger partial charge in [-0.05, 0) is 24.2 Å². The summed E-state index contributed by atoms with van der Waals surface area (Å²) < 4.78 is 0. The van der Waals surface area contributed by atoms with Gasteiger partial charge in [0, 0.05) is 0 Å². The molecule has 58 valence electrons. The Balaban J connectivity index is 2.67. The van der Waals surface area contributed by atoms with Crippen molar-refractivity contribution >= 4 is 0 Å². The molecule has 1 aliphatic carbocycles. The van der Waals surface area contributed by atoms with Crippen LogP contribution in [0.15, 0.2) is 11.6 Å². The Labute approximate surface area is 64.3 Å². The standard InChI is InChI=1S/C10H18/c1-5-8-7-9(6-2)10(8,3)4/h7-8H,5-6H2,1-4H3. The number of allylic oxidation sites excluding steroid dienone is 2. The maximum absolute atomic E-state index is 2.44. The molecular formula is C10H18. The van der Waals surface area contributed by atoms with Crippen LogP contribution in [0.3, 0.4) is 0 Å². The summed E-state index contributed by atoms with van der Waals surface area (Å²) in [6.07, 6.45) is 4.99. The minimum Gasteiger partial charge on any atom is -0.0808 e. The van der Waals surface area contributed by atoms with Gasteiger partial charge in [0.1, 0.15) is 0 Å². The van der Waals surface area contributed by atoms with Gasteiger partial charge < -0.3 is 0 Å². The van der Waals surface area contributed by atoms with Gasteiger partial charge in [-0.1, -0.05) is 39.3 Å². The summed E-state index contributed by atoms with van der Waals surface area (Å²) in [5, 5.41) is 0. The van der Waals surface area contributed by atoms with Crippen molar-refractivity contribution in [2.45, 2.75) is 40.5 Å². The van der Waals surface area contributed by atoms with Crippen molar-refractivity contribution < 1.29 is 0 Å². The normalized spacial score (nSPS) is 29.2. The van der Waals surface area contributed by atoms with Crippen LogP contribution >= 0.6 is 0 Å².